The van der Waals surface area contributed by atoms with Crippen LogP contribution in [0.5, 0.6) is 0 Å². The van der Waals surface area contributed by atoms with Gasteiger partial charge in [-0.1, -0.05) is 0 Å². The molecule has 2 heterocycles. The van der Waals surface area contributed by atoms with Gasteiger partial charge in [0.05, 0.1) is 0 Å². The minimum atomic E-state index is -4.42. The van der Waals surface area contributed by atoms with E-state index in [0.29, 0.717) is 25.2 Å². The van der Waals surface area contributed by atoms with Gasteiger partial charge in [-0.15, -0.1) is 10.2 Å². The van der Waals surface area contributed by atoms with Crippen molar-refractivity contribution in [3.63, 3.8) is 0 Å². The number of hydrogen-bond donors (Lipinski definition) is 1. The lowest BCUT2D eigenvalue weighted by atomic mass is 9.91. The molecule has 2 unspecified atom stereocenters. The number of halogens is 3. The van der Waals surface area contributed by atoms with Gasteiger partial charge in [0.15, 0.2) is 0 Å². The molecule has 0 amide bonds. The van der Waals surface area contributed by atoms with E-state index in [1.807, 2.05) is 6.92 Å². The molecule has 2 rings (SSSR count). The van der Waals surface area contributed by atoms with Crippen LogP contribution in [-0.2, 0) is 19.1 Å². The van der Waals surface area contributed by atoms with Crippen molar-refractivity contribution < 1.29 is 13.2 Å². The van der Waals surface area contributed by atoms with Gasteiger partial charge in [0.2, 0.25) is 5.82 Å². The molecule has 1 aromatic rings. The summed E-state index contributed by atoms with van der Waals surface area (Å²) in [6.45, 7) is 2.16. The molecule has 0 radical (unpaired) electrons. The summed E-state index contributed by atoms with van der Waals surface area (Å²) in [6, 6.07) is -0.0280. The molecule has 16 heavy (non-hydrogen) atoms. The highest BCUT2D eigenvalue weighted by molar-refractivity contribution is 5.04. The molecule has 2 atom stereocenters. The highest BCUT2D eigenvalue weighted by Gasteiger charge is 2.39. The number of fused-ring (bicyclic) bond motifs is 1. The van der Waals surface area contributed by atoms with Crippen molar-refractivity contribution in [3.05, 3.63) is 11.6 Å². The van der Waals surface area contributed by atoms with Crippen molar-refractivity contribution in [2.24, 2.45) is 11.7 Å². The molecule has 1 aromatic heterocycles. The number of nitrogens with zero attached hydrogens (tertiary/aromatic N) is 3. The Morgan fingerprint density at radius 3 is 2.69 bits per heavy atom. The molecule has 1 aliphatic rings. The van der Waals surface area contributed by atoms with Crippen LogP contribution in [0.2, 0.25) is 0 Å². The first-order chi connectivity index (χ1) is 7.39. The highest BCUT2D eigenvalue weighted by Crippen LogP contribution is 2.31. The lowest BCUT2D eigenvalue weighted by Gasteiger charge is -2.26. The third kappa shape index (κ3) is 1.91. The second-order valence-electron chi connectivity index (χ2n) is 4.20. The zero-order valence-electron chi connectivity index (χ0n) is 8.83. The Kier molecular flexibility index (Phi) is 2.65. The molecule has 7 heteroatoms. The van der Waals surface area contributed by atoms with Crippen LogP contribution < -0.4 is 5.73 Å². The van der Waals surface area contributed by atoms with Crippen LogP contribution in [0.25, 0.3) is 0 Å². The van der Waals surface area contributed by atoms with Crippen molar-refractivity contribution in [2.45, 2.75) is 38.5 Å². The number of rotatable bonds is 1. The van der Waals surface area contributed by atoms with E-state index in [0.717, 1.165) is 4.57 Å². The number of hydrogen-bond acceptors (Lipinski definition) is 3. The fourth-order valence-corrected chi connectivity index (χ4v) is 2.01. The summed E-state index contributed by atoms with van der Waals surface area (Å²) in [5.41, 5.74) is 5.74. The predicted octanol–water partition coefficient (Wildman–Crippen LogP) is 1.21. The third-order valence-electron chi connectivity index (χ3n) is 2.99. The van der Waals surface area contributed by atoms with Crippen LogP contribution in [0.15, 0.2) is 0 Å². The molecule has 1 aliphatic heterocycles. The molecule has 0 fully saturated rings. The van der Waals surface area contributed by atoms with Crippen LogP contribution in [0, 0.1) is 5.92 Å². The maximum absolute atomic E-state index is 12.5. The van der Waals surface area contributed by atoms with Gasteiger partial charge in [-0.3, -0.25) is 0 Å². The molecule has 0 saturated heterocycles. The normalized spacial score (nSPS) is 22.9. The van der Waals surface area contributed by atoms with Gasteiger partial charge >= 0.3 is 6.18 Å². The van der Waals surface area contributed by atoms with Crippen LogP contribution in [0.1, 0.15) is 25.0 Å². The minimum Gasteiger partial charge on any atom is -0.328 e. The van der Waals surface area contributed by atoms with Gasteiger partial charge in [0, 0.05) is 19.0 Å². The Labute approximate surface area is 90.6 Å². The Balaban J connectivity index is 2.27. The molecule has 0 saturated carbocycles. The van der Waals surface area contributed by atoms with Crippen molar-refractivity contribution in [2.75, 3.05) is 0 Å². The minimum absolute atomic E-state index is 0.0280. The summed E-state index contributed by atoms with van der Waals surface area (Å²) < 4.78 is 38.7. The van der Waals surface area contributed by atoms with Crippen molar-refractivity contribution in [1.82, 2.24) is 14.8 Å². The van der Waals surface area contributed by atoms with Crippen LogP contribution in [0.3, 0.4) is 0 Å². The lowest BCUT2D eigenvalue weighted by molar-refractivity contribution is -0.147. The van der Waals surface area contributed by atoms with Gasteiger partial charge in [-0.05, 0) is 19.3 Å². The zero-order valence-corrected chi connectivity index (χ0v) is 8.83. The van der Waals surface area contributed by atoms with Crippen molar-refractivity contribution >= 4 is 0 Å². The van der Waals surface area contributed by atoms with E-state index in [9.17, 15) is 13.2 Å². The summed E-state index contributed by atoms with van der Waals surface area (Å²) in [4.78, 5) is 0. The van der Waals surface area contributed by atoms with Crippen molar-refractivity contribution in [3.8, 4) is 0 Å². The second-order valence-corrected chi connectivity index (χ2v) is 4.20. The largest absolute Gasteiger partial charge is 0.451 e. The van der Waals surface area contributed by atoms with E-state index in [1.54, 1.807) is 0 Å². The first-order valence-corrected chi connectivity index (χ1v) is 5.14. The van der Waals surface area contributed by atoms with E-state index in [2.05, 4.69) is 10.2 Å². The van der Waals surface area contributed by atoms with Gasteiger partial charge in [-0.2, -0.15) is 13.2 Å². The average molecular weight is 234 g/mol. The number of aromatic nitrogens is 3. The van der Waals surface area contributed by atoms with E-state index >= 15 is 0 Å². The van der Waals surface area contributed by atoms with Crippen LogP contribution in [0.4, 0.5) is 13.2 Å². The first-order valence-electron chi connectivity index (χ1n) is 5.14. The Bertz CT molecular complexity index is 383. The fraction of sp³-hybridized carbons (Fsp3) is 0.778. The van der Waals surface area contributed by atoms with Gasteiger partial charge < -0.3 is 10.3 Å². The molecule has 0 aromatic carbocycles. The topological polar surface area (TPSA) is 56.7 Å². The number of nitrogens with two attached hydrogens (primary N) is 1. The van der Waals surface area contributed by atoms with Crippen molar-refractivity contribution in [1.29, 1.82) is 0 Å². The molecule has 0 spiro atoms. The van der Waals surface area contributed by atoms with E-state index in [1.165, 1.54) is 0 Å². The highest BCUT2D eigenvalue weighted by atomic mass is 19.4. The average Bonchev–Trinajstić information content (AvgIpc) is 2.58. The summed E-state index contributed by atoms with van der Waals surface area (Å²) in [6.07, 6.45) is -3.31. The van der Waals surface area contributed by atoms with Crippen LogP contribution in [-0.4, -0.2) is 20.8 Å². The molecular weight excluding hydrogens is 221 g/mol. The Hall–Kier alpha value is -1.11. The van der Waals surface area contributed by atoms with E-state index < -0.39 is 12.0 Å². The summed E-state index contributed by atoms with van der Waals surface area (Å²) in [5, 5.41) is 6.80. The Morgan fingerprint density at radius 2 is 2.12 bits per heavy atom. The van der Waals surface area contributed by atoms with Gasteiger partial charge in [0.25, 0.3) is 0 Å². The number of alkyl halides is 3. The quantitative estimate of drug-likeness (QED) is 0.794. The third-order valence-corrected chi connectivity index (χ3v) is 2.99. The monoisotopic (exact) mass is 234 g/mol. The molecule has 4 nitrogen and oxygen atoms in total. The van der Waals surface area contributed by atoms with Gasteiger partial charge in [-0.25, -0.2) is 0 Å². The molecule has 0 bridgehead atoms. The van der Waals surface area contributed by atoms with Gasteiger partial charge in [0.1, 0.15) is 5.82 Å². The van der Waals surface area contributed by atoms with Crippen LogP contribution >= 0.6 is 0 Å². The standard InChI is InChI=1S/C9H13F3N4/c1-5(13)6-2-3-16-7(4-6)14-15-8(16)9(10,11)12/h5-6H,2-4,13H2,1H3. The summed E-state index contributed by atoms with van der Waals surface area (Å²) in [7, 11) is 0. The molecule has 90 valence electrons. The smallest absolute Gasteiger partial charge is 0.328 e. The summed E-state index contributed by atoms with van der Waals surface area (Å²) >= 11 is 0. The maximum Gasteiger partial charge on any atom is 0.451 e. The van der Waals surface area contributed by atoms with E-state index in [4.69, 9.17) is 5.73 Å². The molecule has 0 aliphatic carbocycles. The Morgan fingerprint density at radius 1 is 1.44 bits per heavy atom. The second kappa shape index (κ2) is 3.73. The first kappa shape index (κ1) is 11.4. The maximum atomic E-state index is 12.5. The van der Waals surface area contributed by atoms with E-state index in [-0.39, 0.29) is 12.0 Å². The zero-order chi connectivity index (χ0) is 11.9. The molecule has 2 N–H and O–H groups in total. The SMILES string of the molecule is CC(N)C1CCn2c(nnc2C(F)(F)F)C1. The molecular formula is C9H13F3N4. The summed E-state index contributed by atoms with van der Waals surface area (Å²) in [5.74, 6) is -0.315. The fourth-order valence-electron chi connectivity index (χ4n) is 2.01. The predicted molar refractivity (Wildman–Crippen MR) is 50.5 cm³/mol. The lowest BCUT2D eigenvalue weighted by Crippen LogP contribution is -2.34.